The average molecular weight is 817 g/mol. The first-order valence-electron chi connectivity index (χ1n) is 19.0. The van der Waals surface area contributed by atoms with Gasteiger partial charge in [-0.2, -0.15) is 36.9 Å². The largest absolute Gasteiger partial charge is 0.417 e. The van der Waals surface area contributed by atoms with Crippen molar-refractivity contribution in [1.82, 2.24) is 0 Å². The van der Waals surface area contributed by atoms with Crippen LogP contribution in [-0.2, 0) is 40.9 Å². The SMILES string of the molecule is C[C@@]12C[C@H](CO)[C@]3(CCO[C@H]4[C@@H]3[C@@H]1C(=O)N4c1ccc(C#N)c(C(F)(F)F)c1)O2.C[C@@]12C[C@](C)(O)[C@]3(CCO[C@H]4[C@@H]3[C@@H]1C(=O)N4c1ccc(C#N)c(C(F)(F)F)c1)O2. The average Bonchev–Trinajstić information content (AvgIpc) is 3.92. The lowest BCUT2D eigenvalue weighted by Gasteiger charge is -2.48. The van der Waals surface area contributed by atoms with Crippen molar-refractivity contribution in [2.45, 2.75) is 99.3 Å². The molecular weight excluding hydrogens is 778 g/mol. The minimum Gasteiger partial charge on any atom is -0.396 e. The first-order chi connectivity index (χ1) is 27.1. The van der Waals surface area contributed by atoms with Gasteiger partial charge in [-0.25, -0.2) is 0 Å². The number of ether oxygens (including phenoxy) is 4. The smallest absolute Gasteiger partial charge is 0.396 e. The Bertz CT molecular complexity index is 2220. The van der Waals surface area contributed by atoms with Crippen LogP contribution in [0.1, 0.15) is 68.7 Å². The van der Waals surface area contributed by atoms with Gasteiger partial charge in [-0.05, 0) is 63.6 Å². The van der Waals surface area contributed by atoms with Gasteiger partial charge in [0.05, 0.1) is 87.8 Å². The van der Waals surface area contributed by atoms with E-state index in [1.807, 2.05) is 6.92 Å². The van der Waals surface area contributed by atoms with E-state index in [9.17, 15) is 46.1 Å². The molecule has 8 fully saturated rings. The van der Waals surface area contributed by atoms with E-state index in [0.29, 0.717) is 19.3 Å². The number of rotatable bonds is 3. The molecule has 8 saturated heterocycles. The van der Waals surface area contributed by atoms with E-state index in [2.05, 4.69) is 0 Å². The number of carbonyl (C=O) groups is 2. The molecule has 4 bridgehead atoms. The molecule has 8 heterocycles. The van der Waals surface area contributed by atoms with Crippen LogP contribution < -0.4 is 9.80 Å². The molecule has 2 N–H and O–H groups in total. The molecule has 0 aromatic heterocycles. The fourth-order valence-electron chi connectivity index (χ4n) is 12.3. The summed E-state index contributed by atoms with van der Waals surface area (Å²) in [7, 11) is 0. The van der Waals surface area contributed by atoms with Crippen molar-refractivity contribution < 1.29 is 65.1 Å². The number of amides is 2. The quantitative estimate of drug-likeness (QED) is 0.402. The summed E-state index contributed by atoms with van der Waals surface area (Å²) in [5, 5.41) is 39.0. The molecule has 8 aliphatic rings. The number of benzene rings is 2. The number of anilines is 2. The van der Waals surface area contributed by atoms with Crippen molar-refractivity contribution in [2.24, 2.45) is 29.6 Å². The monoisotopic (exact) mass is 816 g/mol. The zero-order chi connectivity index (χ0) is 41.7. The number of nitrogens with zero attached hydrogens (tertiary/aromatic N) is 4. The van der Waals surface area contributed by atoms with Gasteiger partial charge in [0.15, 0.2) is 0 Å². The van der Waals surface area contributed by atoms with Gasteiger partial charge in [0.2, 0.25) is 11.8 Å². The molecule has 0 aliphatic carbocycles. The first-order valence-corrected chi connectivity index (χ1v) is 19.0. The molecule has 58 heavy (non-hydrogen) atoms. The predicted octanol–water partition coefficient (Wildman–Crippen LogP) is 5.03. The maximum Gasteiger partial charge on any atom is 0.417 e. The molecule has 2 spiro atoms. The van der Waals surface area contributed by atoms with Crippen LogP contribution in [-0.4, -0.2) is 82.3 Å². The highest BCUT2D eigenvalue weighted by molar-refractivity contribution is 6.01. The molecule has 2 amide bonds. The minimum absolute atomic E-state index is 0.0282. The molecule has 308 valence electrons. The summed E-state index contributed by atoms with van der Waals surface area (Å²) in [4.78, 5) is 29.3. The van der Waals surface area contributed by atoms with Gasteiger partial charge in [0, 0.05) is 49.1 Å². The van der Waals surface area contributed by atoms with E-state index < -0.39 is 92.8 Å². The first kappa shape index (κ1) is 39.2. The minimum atomic E-state index is -4.73. The molecule has 0 radical (unpaired) electrons. The Kier molecular flexibility index (Phi) is 8.20. The third kappa shape index (κ3) is 4.96. The Morgan fingerprint density at radius 3 is 1.78 bits per heavy atom. The molecular formula is C40H38F6N4O8. The number of hydrogen-bond donors (Lipinski definition) is 2. The Morgan fingerprint density at radius 2 is 1.28 bits per heavy atom. The van der Waals surface area contributed by atoms with Gasteiger partial charge >= 0.3 is 12.4 Å². The van der Waals surface area contributed by atoms with Gasteiger partial charge < -0.3 is 29.2 Å². The highest BCUT2D eigenvalue weighted by atomic mass is 19.4. The second kappa shape index (κ2) is 12.1. The van der Waals surface area contributed by atoms with Crippen LogP contribution in [0, 0.1) is 52.3 Å². The summed E-state index contributed by atoms with van der Waals surface area (Å²) in [6.45, 7) is 5.73. The summed E-state index contributed by atoms with van der Waals surface area (Å²) in [6, 6.07) is 9.61. The topological polar surface area (TPSA) is 166 Å². The molecule has 12 nitrogen and oxygen atoms in total. The van der Waals surface area contributed by atoms with E-state index in [4.69, 9.17) is 29.5 Å². The normalized spacial score (nSPS) is 41.6. The molecule has 8 aliphatic heterocycles. The number of aliphatic hydroxyl groups is 2. The lowest BCUT2D eigenvalue weighted by atomic mass is 9.59. The standard InChI is InChI=1S/2C20H19F3N2O4/c1-17-9-18(2,27)19(29-17)5-6-28-16-14(19)13(17)15(26)25(16)11-4-3-10(8-24)12(7-11)20(21,22)23;1-18-7-11(9-26)19(29-18)4-5-28-17-15(19)14(18)16(27)25(17)12-3-2-10(8-24)13(6-12)20(21,22)23/h3-4,7,13-14,16,27H,5-6,9H2,1-2H3;2-3,6,11,14-15,17,26H,4-5,7,9H2,1H3/t13-,14+,16+,17-,18+,19-;11-,14-,15+,17+,18-,19+/m11/s1. The number of aliphatic hydroxyl groups excluding tert-OH is 1. The van der Waals surface area contributed by atoms with Crippen LogP contribution in [0.25, 0.3) is 0 Å². The second-order valence-corrected chi connectivity index (χ2v) is 17.3. The molecule has 2 aromatic rings. The van der Waals surface area contributed by atoms with Gasteiger partial charge in [-0.1, -0.05) is 0 Å². The summed E-state index contributed by atoms with van der Waals surface area (Å²) in [5.74, 6) is -2.84. The maximum absolute atomic E-state index is 13.4. The summed E-state index contributed by atoms with van der Waals surface area (Å²) < 4.78 is 105. The van der Waals surface area contributed by atoms with Crippen LogP contribution in [0.5, 0.6) is 0 Å². The van der Waals surface area contributed by atoms with Crippen LogP contribution in [0.15, 0.2) is 36.4 Å². The van der Waals surface area contributed by atoms with Crippen molar-refractivity contribution in [3.05, 3.63) is 58.7 Å². The lowest BCUT2D eigenvalue weighted by molar-refractivity contribution is -0.193. The highest BCUT2D eigenvalue weighted by Crippen LogP contribution is 2.69. The number of carbonyl (C=O) groups excluding carboxylic acids is 2. The van der Waals surface area contributed by atoms with Crippen molar-refractivity contribution >= 4 is 23.2 Å². The maximum atomic E-state index is 13.4. The van der Waals surface area contributed by atoms with Gasteiger partial charge in [0.25, 0.3) is 0 Å². The van der Waals surface area contributed by atoms with E-state index in [0.717, 1.165) is 24.3 Å². The van der Waals surface area contributed by atoms with Crippen molar-refractivity contribution in [3.8, 4) is 12.1 Å². The molecule has 12 atom stereocenters. The van der Waals surface area contributed by atoms with Crippen LogP contribution in [0.3, 0.4) is 0 Å². The Balaban J connectivity index is 0.000000150. The Morgan fingerprint density at radius 1 is 0.776 bits per heavy atom. The third-order valence-electron chi connectivity index (χ3n) is 14.2. The fourth-order valence-corrected chi connectivity index (χ4v) is 12.3. The molecule has 2 aromatic carbocycles. The number of halogens is 6. The van der Waals surface area contributed by atoms with Gasteiger partial charge in [0.1, 0.15) is 18.1 Å². The van der Waals surface area contributed by atoms with Crippen LogP contribution in [0.2, 0.25) is 0 Å². The summed E-state index contributed by atoms with van der Waals surface area (Å²) in [6.07, 6.45) is -9.29. The van der Waals surface area contributed by atoms with E-state index in [-0.39, 0.29) is 61.3 Å². The highest BCUT2D eigenvalue weighted by Gasteiger charge is 2.82. The van der Waals surface area contributed by atoms with Crippen molar-refractivity contribution in [2.75, 3.05) is 29.6 Å². The fraction of sp³-hybridized carbons (Fsp3) is 0.600. The predicted molar refractivity (Wildman–Crippen MR) is 185 cm³/mol. The van der Waals surface area contributed by atoms with Crippen LogP contribution >= 0.6 is 0 Å². The molecule has 10 rings (SSSR count). The number of fused-ring (bicyclic) bond motifs is 4. The lowest BCUT2D eigenvalue weighted by Crippen LogP contribution is -2.62. The zero-order valence-electron chi connectivity index (χ0n) is 31.4. The van der Waals surface area contributed by atoms with E-state index in [1.54, 1.807) is 26.0 Å². The van der Waals surface area contributed by atoms with Gasteiger partial charge in [-0.3, -0.25) is 19.4 Å². The third-order valence-corrected chi connectivity index (χ3v) is 14.2. The number of alkyl halides is 6. The van der Waals surface area contributed by atoms with Gasteiger partial charge in [-0.15, -0.1) is 0 Å². The van der Waals surface area contributed by atoms with Crippen LogP contribution in [0.4, 0.5) is 37.7 Å². The Hall–Kier alpha value is -4.30. The summed E-state index contributed by atoms with van der Waals surface area (Å²) in [5.41, 5.74) is -7.62. The Labute approximate surface area is 327 Å². The summed E-state index contributed by atoms with van der Waals surface area (Å²) >= 11 is 0. The molecule has 0 unspecified atom stereocenters. The number of hydrogen-bond acceptors (Lipinski definition) is 10. The number of nitriles is 2. The van der Waals surface area contributed by atoms with E-state index >= 15 is 0 Å². The van der Waals surface area contributed by atoms with Crippen molar-refractivity contribution in [3.63, 3.8) is 0 Å². The second-order valence-electron chi connectivity index (χ2n) is 17.3. The van der Waals surface area contributed by atoms with E-state index in [1.165, 1.54) is 21.9 Å². The van der Waals surface area contributed by atoms with Crippen molar-refractivity contribution in [1.29, 1.82) is 10.5 Å². The zero-order valence-corrected chi connectivity index (χ0v) is 31.4. The molecule has 0 saturated carbocycles. The molecule has 18 heteroatoms.